The highest BCUT2D eigenvalue weighted by atomic mass is 15.3. The van der Waals surface area contributed by atoms with Gasteiger partial charge in [-0.3, -0.25) is 14.9 Å². The average Bonchev–Trinajstić information content (AvgIpc) is 3.35. The van der Waals surface area contributed by atoms with Crippen molar-refractivity contribution in [1.82, 2.24) is 29.5 Å². The second-order valence-electron chi connectivity index (χ2n) is 6.97. The molecule has 0 unspecified atom stereocenters. The first-order valence-electron chi connectivity index (χ1n) is 9.24. The average molecular weight is 356 g/mol. The van der Waals surface area contributed by atoms with E-state index in [1.807, 2.05) is 47.2 Å². The number of pyridine rings is 3. The Labute approximate surface area is 157 Å². The van der Waals surface area contributed by atoms with Gasteiger partial charge in [-0.15, -0.1) is 0 Å². The number of hydrogen-bond acceptors (Lipinski definition) is 5. The lowest BCUT2D eigenvalue weighted by Gasteiger charge is -2.14. The molecule has 0 N–H and O–H groups in total. The third-order valence-electron chi connectivity index (χ3n) is 5.11. The van der Waals surface area contributed by atoms with Gasteiger partial charge in [0.2, 0.25) is 0 Å². The number of likely N-dealkylation sites (tertiary alicyclic amines) is 1. The van der Waals surface area contributed by atoms with Gasteiger partial charge in [-0.2, -0.15) is 5.10 Å². The summed E-state index contributed by atoms with van der Waals surface area (Å²) in [6.45, 7) is 2.92. The van der Waals surface area contributed by atoms with Crippen LogP contribution in [0, 0.1) is 0 Å². The fourth-order valence-electron chi connectivity index (χ4n) is 3.70. The van der Waals surface area contributed by atoms with Gasteiger partial charge in [-0.25, -0.2) is 9.50 Å². The SMILES string of the molecule is c1ccc(CN2CC[C@H](c3nc4ccc(-c5ccncc5)cn4n3)C2)nc1. The maximum absolute atomic E-state index is 4.77. The van der Waals surface area contributed by atoms with Gasteiger partial charge >= 0.3 is 0 Å². The van der Waals surface area contributed by atoms with Crippen molar-refractivity contribution >= 4 is 5.65 Å². The van der Waals surface area contributed by atoms with Crippen LogP contribution in [0.4, 0.5) is 0 Å². The molecule has 1 saturated heterocycles. The molecular formula is C21H20N6. The van der Waals surface area contributed by atoms with Crippen LogP contribution >= 0.6 is 0 Å². The minimum atomic E-state index is 0.373. The zero-order valence-electron chi connectivity index (χ0n) is 14.9. The quantitative estimate of drug-likeness (QED) is 0.562. The summed E-state index contributed by atoms with van der Waals surface area (Å²) in [7, 11) is 0. The summed E-state index contributed by atoms with van der Waals surface area (Å²) in [5, 5.41) is 4.77. The van der Waals surface area contributed by atoms with Gasteiger partial charge in [0.05, 0.1) is 5.69 Å². The summed E-state index contributed by atoms with van der Waals surface area (Å²) < 4.78 is 1.90. The Kier molecular flexibility index (Phi) is 4.10. The molecule has 0 radical (unpaired) electrons. The first-order chi connectivity index (χ1) is 13.3. The van der Waals surface area contributed by atoms with E-state index in [0.717, 1.165) is 54.3 Å². The van der Waals surface area contributed by atoms with E-state index in [4.69, 9.17) is 10.1 Å². The molecule has 1 atom stereocenters. The van der Waals surface area contributed by atoms with Gasteiger partial charge in [-0.05, 0) is 54.9 Å². The van der Waals surface area contributed by atoms with Crippen LogP contribution in [0.3, 0.4) is 0 Å². The van der Waals surface area contributed by atoms with Crippen LogP contribution in [0.1, 0.15) is 23.9 Å². The fourth-order valence-corrected chi connectivity index (χ4v) is 3.70. The Hall–Kier alpha value is -3.12. The van der Waals surface area contributed by atoms with Crippen molar-refractivity contribution in [2.75, 3.05) is 13.1 Å². The Morgan fingerprint density at radius 2 is 1.89 bits per heavy atom. The minimum absolute atomic E-state index is 0.373. The van der Waals surface area contributed by atoms with Crippen LogP contribution in [0.25, 0.3) is 16.8 Å². The molecule has 4 aromatic rings. The molecule has 6 heteroatoms. The van der Waals surface area contributed by atoms with E-state index in [-0.39, 0.29) is 0 Å². The highest BCUT2D eigenvalue weighted by Gasteiger charge is 2.27. The van der Waals surface area contributed by atoms with Gasteiger partial charge in [0.25, 0.3) is 0 Å². The number of fused-ring (bicyclic) bond motifs is 1. The Morgan fingerprint density at radius 1 is 0.963 bits per heavy atom. The number of rotatable bonds is 4. The number of nitrogens with zero attached hydrogens (tertiary/aromatic N) is 6. The molecule has 1 aliphatic heterocycles. The second kappa shape index (κ2) is 6.89. The fraction of sp³-hybridized carbons (Fsp3) is 0.238. The van der Waals surface area contributed by atoms with Crippen LogP contribution in [-0.4, -0.2) is 42.6 Å². The Morgan fingerprint density at radius 3 is 2.74 bits per heavy atom. The number of hydrogen-bond donors (Lipinski definition) is 0. The van der Waals surface area contributed by atoms with E-state index in [0.29, 0.717) is 5.92 Å². The molecule has 5 heterocycles. The maximum atomic E-state index is 4.77. The Bertz CT molecular complexity index is 1040. The normalized spacial score (nSPS) is 17.6. The van der Waals surface area contributed by atoms with Gasteiger partial charge in [0.15, 0.2) is 11.5 Å². The largest absolute Gasteiger partial charge is 0.297 e. The summed E-state index contributed by atoms with van der Waals surface area (Å²) in [6.07, 6.45) is 8.59. The molecule has 1 aliphatic rings. The van der Waals surface area contributed by atoms with Crippen molar-refractivity contribution in [2.45, 2.75) is 18.9 Å². The molecule has 27 heavy (non-hydrogen) atoms. The van der Waals surface area contributed by atoms with E-state index in [1.54, 1.807) is 12.4 Å². The topological polar surface area (TPSA) is 59.2 Å². The van der Waals surface area contributed by atoms with Crippen LogP contribution in [-0.2, 0) is 6.54 Å². The van der Waals surface area contributed by atoms with Crippen LogP contribution in [0.15, 0.2) is 67.3 Å². The highest BCUT2D eigenvalue weighted by molar-refractivity contribution is 5.63. The first kappa shape index (κ1) is 16.1. The zero-order valence-corrected chi connectivity index (χ0v) is 14.9. The lowest BCUT2D eigenvalue weighted by molar-refractivity contribution is 0.321. The van der Waals surface area contributed by atoms with Gasteiger partial charge in [0.1, 0.15) is 0 Å². The lowest BCUT2D eigenvalue weighted by Crippen LogP contribution is -2.20. The minimum Gasteiger partial charge on any atom is -0.297 e. The van der Waals surface area contributed by atoms with Crippen LogP contribution in [0.2, 0.25) is 0 Å². The molecule has 6 nitrogen and oxygen atoms in total. The summed E-state index contributed by atoms with van der Waals surface area (Å²) >= 11 is 0. The van der Waals surface area contributed by atoms with E-state index in [2.05, 4.69) is 27.0 Å². The van der Waals surface area contributed by atoms with E-state index in [9.17, 15) is 0 Å². The lowest BCUT2D eigenvalue weighted by atomic mass is 10.1. The standard InChI is InChI=1S/C21H20N6/c1-2-9-23-19(3-1)15-26-12-8-18(13-26)21-24-20-5-4-17(14-27(20)25-21)16-6-10-22-11-7-16/h1-7,9-11,14,18H,8,12-13,15H2/t18-/m0/s1. The monoisotopic (exact) mass is 356 g/mol. The van der Waals surface area contributed by atoms with Gasteiger partial charge in [-0.1, -0.05) is 6.07 Å². The predicted molar refractivity (Wildman–Crippen MR) is 103 cm³/mol. The molecule has 0 spiro atoms. The summed E-state index contributed by atoms with van der Waals surface area (Å²) in [5.41, 5.74) is 4.25. The van der Waals surface area contributed by atoms with Gasteiger partial charge < -0.3 is 0 Å². The first-order valence-corrected chi connectivity index (χ1v) is 9.24. The second-order valence-corrected chi connectivity index (χ2v) is 6.97. The molecule has 0 aliphatic carbocycles. The zero-order chi connectivity index (χ0) is 18.1. The van der Waals surface area contributed by atoms with Crippen LogP contribution < -0.4 is 0 Å². The molecular weight excluding hydrogens is 336 g/mol. The Balaban J connectivity index is 1.35. The van der Waals surface area contributed by atoms with Crippen LogP contribution in [0.5, 0.6) is 0 Å². The smallest absolute Gasteiger partial charge is 0.156 e. The molecule has 0 amide bonds. The maximum Gasteiger partial charge on any atom is 0.156 e. The molecule has 0 aromatic carbocycles. The predicted octanol–water partition coefficient (Wildman–Crippen LogP) is 3.18. The molecule has 0 saturated carbocycles. The summed E-state index contributed by atoms with van der Waals surface area (Å²) in [5.74, 6) is 1.31. The highest BCUT2D eigenvalue weighted by Crippen LogP contribution is 2.27. The summed E-state index contributed by atoms with van der Waals surface area (Å²) in [4.78, 5) is 15.7. The van der Waals surface area contributed by atoms with Crippen molar-refractivity contribution in [3.63, 3.8) is 0 Å². The molecule has 4 aromatic heterocycles. The third-order valence-corrected chi connectivity index (χ3v) is 5.11. The third kappa shape index (κ3) is 3.31. The number of aromatic nitrogens is 5. The molecule has 1 fully saturated rings. The summed E-state index contributed by atoms with van der Waals surface area (Å²) in [6, 6.07) is 14.2. The van der Waals surface area contributed by atoms with Crippen molar-refractivity contribution in [3.8, 4) is 11.1 Å². The van der Waals surface area contributed by atoms with Crippen molar-refractivity contribution in [2.24, 2.45) is 0 Å². The van der Waals surface area contributed by atoms with Crippen molar-refractivity contribution < 1.29 is 0 Å². The molecule has 134 valence electrons. The molecule has 5 rings (SSSR count). The van der Waals surface area contributed by atoms with Crippen molar-refractivity contribution in [1.29, 1.82) is 0 Å². The van der Waals surface area contributed by atoms with Gasteiger partial charge in [0, 0.05) is 49.4 Å². The van der Waals surface area contributed by atoms with E-state index in [1.165, 1.54) is 0 Å². The molecule has 0 bridgehead atoms. The van der Waals surface area contributed by atoms with E-state index < -0.39 is 0 Å². The van der Waals surface area contributed by atoms with Crippen molar-refractivity contribution in [3.05, 3.63) is 78.8 Å². The van der Waals surface area contributed by atoms with E-state index >= 15 is 0 Å².